The second kappa shape index (κ2) is 7.93. The summed E-state index contributed by atoms with van der Waals surface area (Å²) in [6.07, 6.45) is 3.75. The maximum Gasteiger partial charge on any atom is 0.220 e. The quantitative estimate of drug-likeness (QED) is 0.757. The van der Waals surface area contributed by atoms with Crippen LogP contribution in [0.3, 0.4) is 0 Å². The molecule has 0 aliphatic heterocycles. The van der Waals surface area contributed by atoms with Crippen LogP contribution in [0.25, 0.3) is 0 Å². The summed E-state index contributed by atoms with van der Waals surface area (Å²) in [6.45, 7) is 8.49. The van der Waals surface area contributed by atoms with Gasteiger partial charge in [0.2, 0.25) is 11.8 Å². The molecule has 0 spiro atoms. The third-order valence-electron chi connectivity index (χ3n) is 3.61. The molecule has 1 aromatic carbocycles. The highest BCUT2D eigenvalue weighted by atomic mass is 16.4. The average Bonchev–Trinajstić information content (AvgIpc) is 2.90. The second-order valence-electron chi connectivity index (χ2n) is 5.54. The van der Waals surface area contributed by atoms with Crippen molar-refractivity contribution in [2.24, 2.45) is 0 Å². The highest BCUT2D eigenvalue weighted by Crippen LogP contribution is 2.14. The lowest BCUT2D eigenvalue weighted by atomic mass is 10.0. The van der Waals surface area contributed by atoms with E-state index in [-0.39, 0.29) is 0 Å². The molecule has 2 aromatic rings. The number of aryl methyl sites for hydroxylation is 3. The summed E-state index contributed by atoms with van der Waals surface area (Å²) in [5.41, 5.74) is 3.83. The molecule has 0 aliphatic rings. The molecule has 0 saturated heterocycles. The van der Waals surface area contributed by atoms with Crippen LogP contribution in [0.4, 0.5) is 0 Å². The third kappa shape index (κ3) is 4.97. The summed E-state index contributed by atoms with van der Waals surface area (Å²) < 4.78 is 5.71. The first-order chi connectivity index (χ1) is 10.2. The minimum Gasteiger partial charge on any atom is -0.425 e. The van der Waals surface area contributed by atoms with Crippen LogP contribution in [0.2, 0.25) is 0 Å². The molecule has 0 saturated carbocycles. The number of benzene rings is 1. The molecule has 114 valence electrons. The van der Waals surface area contributed by atoms with E-state index < -0.39 is 0 Å². The minimum absolute atomic E-state index is 0.703. The van der Waals surface area contributed by atoms with E-state index in [1.54, 1.807) is 0 Å². The Balaban J connectivity index is 1.83. The van der Waals surface area contributed by atoms with Crippen LogP contribution in [0.5, 0.6) is 0 Å². The number of hydrogen-bond donors (Lipinski definition) is 1. The monoisotopic (exact) mass is 287 g/mol. The first-order valence-electron chi connectivity index (χ1n) is 7.77. The summed E-state index contributed by atoms with van der Waals surface area (Å²) in [6, 6.07) is 6.45. The zero-order valence-corrected chi connectivity index (χ0v) is 13.3. The van der Waals surface area contributed by atoms with E-state index in [2.05, 4.69) is 54.5 Å². The van der Waals surface area contributed by atoms with Crippen molar-refractivity contribution >= 4 is 0 Å². The summed E-state index contributed by atoms with van der Waals surface area (Å²) in [4.78, 5) is 0. The van der Waals surface area contributed by atoms with Crippen molar-refractivity contribution in [1.29, 1.82) is 0 Å². The predicted octanol–water partition coefficient (Wildman–Crippen LogP) is 3.21. The van der Waals surface area contributed by atoms with E-state index in [0.717, 1.165) is 31.8 Å². The van der Waals surface area contributed by atoms with Crippen molar-refractivity contribution < 1.29 is 4.42 Å². The Hall–Kier alpha value is -1.68. The molecule has 4 heteroatoms. The first kappa shape index (κ1) is 15.7. The van der Waals surface area contributed by atoms with Crippen molar-refractivity contribution in [3.63, 3.8) is 0 Å². The number of nitrogens with zero attached hydrogens (tertiary/aromatic N) is 2. The van der Waals surface area contributed by atoms with Crippen molar-refractivity contribution in [3.8, 4) is 0 Å². The van der Waals surface area contributed by atoms with E-state index >= 15 is 0 Å². The fourth-order valence-electron chi connectivity index (χ4n) is 2.22. The fourth-order valence-corrected chi connectivity index (χ4v) is 2.22. The lowest BCUT2D eigenvalue weighted by Gasteiger charge is -2.02. The van der Waals surface area contributed by atoms with Gasteiger partial charge in [-0.15, -0.1) is 10.2 Å². The van der Waals surface area contributed by atoms with E-state index in [0.29, 0.717) is 12.3 Å². The highest BCUT2D eigenvalue weighted by molar-refractivity contribution is 5.31. The zero-order chi connectivity index (χ0) is 15.1. The van der Waals surface area contributed by atoms with E-state index in [4.69, 9.17) is 4.42 Å². The Labute approximate surface area is 127 Å². The van der Waals surface area contributed by atoms with E-state index in [1.165, 1.54) is 23.1 Å². The van der Waals surface area contributed by atoms with Gasteiger partial charge in [0, 0.05) is 6.42 Å². The predicted molar refractivity (Wildman–Crippen MR) is 84.5 cm³/mol. The number of nitrogens with one attached hydrogen (secondary N) is 1. The van der Waals surface area contributed by atoms with Gasteiger partial charge in [-0.2, -0.15) is 0 Å². The van der Waals surface area contributed by atoms with Gasteiger partial charge in [0.25, 0.3) is 0 Å². The molecule has 0 atom stereocenters. The summed E-state index contributed by atoms with van der Waals surface area (Å²) in [5, 5.41) is 11.6. The molecule has 0 fully saturated rings. The molecule has 0 bridgehead atoms. The standard InChI is InChI=1S/C17H25N3O/c1-4-9-18-10-5-6-16-19-20-17(21-16)12-15-8-7-13(2)14(3)11-15/h7-8,11,18H,4-6,9-10,12H2,1-3H3. The van der Waals surface area contributed by atoms with E-state index in [9.17, 15) is 0 Å². The summed E-state index contributed by atoms with van der Waals surface area (Å²) in [5.74, 6) is 1.45. The van der Waals surface area contributed by atoms with Gasteiger partial charge >= 0.3 is 0 Å². The van der Waals surface area contributed by atoms with Crippen LogP contribution >= 0.6 is 0 Å². The van der Waals surface area contributed by atoms with Crippen LogP contribution in [-0.2, 0) is 12.8 Å². The van der Waals surface area contributed by atoms with Crippen LogP contribution in [0.1, 0.15) is 48.2 Å². The largest absolute Gasteiger partial charge is 0.425 e. The summed E-state index contributed by atoms with van der Waals surface area (Å²) in [7, 11) is 0. The fraction of sp³-hybridized carbons (Fsp3) is 0.529. The Morgan fingerprint density at radius 2 is 1.86 bits per heavy atom. The first-order valence-corrected chi connectivity index (χ1v) is 7.77. The lowest BCUT2D eigenvalue weighted by molar-refractivity contribution is 0.449. The molecule has 0 radical (unpaired) electrons. The van der Waals surface area contributed by atoms with Crippen LogP contribution in [-0.4, -0.2) is 23.3 Å². The normalized spacial score (nSPS) is 11.0. The third-order valence-corrected chi connectivity index (χ3v) is 3.61. The SMILES string of the molecule is CCCNCCCc1nnc(Cc2ccc(C)c(C)c2)o1. The van der Waals surface area contributed by atoms with Crippen molar-refractivity contribution in [2.45, 2.75) is 46.5 Å². The molecule has 0 unspecified atom stereocenters. The van der Waals surface area contributed by atoms with Gasteiger partial charge in [0.15, 0.2) is 0 Å². The Morgan fingerprint density at radius 1 is 1.05 bits per heavy atom. The lowest BCUT2D eigenvalue weighted by Crippen LogP contribution is -2.16. The molecule has 0 amide bonds. The molecular weight excluding hydrogens is 262 g/mol. The van der Waals surface area contributed by atoms with Crippen LogP contribution < -0.4 is 5.32 Å². The highest BCUT2D eigenvalue weighted by Gasteiger charge is 2.07. The van der Waals surface area contributed by atoms with Crippen molar-refractivity contribution in [1.82, 2.24) is 15.5 Å². The topological polar surface area (TPSA) is 51.0 Å². The van der Waals surface area contributed by atoms with Gasteiger partial charge in [0.1, 0.15) is 0 Å². The minimum atomic E-state index is 0.703. The number of rotatable bonds is 8. The smallest absolute Gasteiger partial charge is 0.220 e. The molecule has 1 aromatic heterocycles. The molecule has 21 heavy (non-hydrogen) atoms. The maximum atomic E-state index is 5.71. The summed E-state index contributed by atoms with van der Waals surface area (Å²) >= 11 is 0. The average molecular weight is 287 g/mol. The van der Waals surface area contributed by atoms with Gasteiger partial charge < -0.3 is 9.73 Å². The Kier molecular flexibility index (Phi) is 5.93. The molecule has 1 heterocycles. The molecule has 4 nitrogen and oxygen atoms in total. The van der Waals surface area contributed by atoms with E-state index in [1.807, 2.05) is 0 Å². The van der Waals surface area contributed by atoms with Crippen molar-refractivity contribution in [3.05, 3.63) is 46.7 Å². The van der Waals surface area contributed by atoms with Gasteiger partial charge in [-0.25, -0.2) is 0 Å². The number of aromatic nitrogens is 2. The van der Waals surface area contributed by atoms with Gasteiger partial charge in [-0.05, 0) is 56.5 Å². The van der Waals surface area contributed by atoms with Crippen LogP contribution in [0, 0.1) is 13.8 Å². The number of hydrogen-bond acceptors (Lipinski definition) is 4. The van der Waals surface area contributed by atoms with Crippen molar-refractivity contribution in [2.75, 3.05) is 13.1 Å². The Bertz CT molecular complexity index is 563. The zero-order valence-electron chi connectivity index (χ0n) is 13.3. The maximum absolute atomic E-state index is 5.71. The van der Waals surface area contributed by atoms with Gasteiger partial charge in [0.05, 0.1) is 6.42 Å². The molecular formula is C17H25N3O. The van der Waals surface area contributed by atoms with Gasteiger partial charge in [-0.1, -0.05) is 25.1 Å². The van der Waals surface area contributed by atoms with Gasteiger partial charge in [-0.3, -0.25) is 0 Å². The Morgan fingerprint density at radius 3 is 2.62 bits per heavy atom. The molecule has 1 N–H and O–H groups in total. The van der Waals surface area contributed by atoms with Crippen LogP contribution in [0.15, 0.2) is 22.6 Å². The second-order valence-corrected chi connectivity index (χ2v) is 5.54. The molecule has 0 aliphatic carbocycles. The molecule has 2 rings (SSSR count).